The number of rotatable bonds is 3. The highest BCUT2D eigenvalue weighted by Crippen LogP contribution is 2.23. The lowest BCUT2D eigenvalue weighted by Gasteiger charge is -2.22. The van der Waals surface area contributed by atoms with Crippen molar-refractivity contribution >= 4 is 5.69 Å². The lowest BCUT2D eigenvalue weighted by molar-refractivity contribution is 0.250. The van der Waals surface area contributed by atoms with Crippen LogP contribution in [0.25, 0.3) is 0 Å². The molecule has 3 heteroatoms. The molecule has 1 heterocycles. The number of anilines is 1. The predicted octanol–water partition coefficient (Wildman–Crippen LogP) is 1.65. The normalized spacial score (nSPS) is 25.6. The molecule has 1 aromatic rings. The first-order valence-corrected chi connectivity index (χ1v) is 6.30. The second kappa shape index (κ2) is 5.07. The third-order valence-electron chi connectivity index (χ3n) is 3.76. The van der Waals surface area contributed by atoms with Gasteiger partial charge in [-0.1, -0.05) is 25.1 Å². The van der Waals surface area contributed by atoms with Crippen LogP contribution in [0, 0.1) is 5.92 Å². The zero-order valence-electron chi connectivity index (χ0n) is 11.1. The van der Waals surface area contributed by atoms with Gasteiger partial charge in [-0.25, -0.2) is 0 Å². The average molecular weight is 233 g/mol. The van der Waals surface area contributed by atoms with Gasteiger partial charge in [-0.2, -0.15) is 0 Å². The van der Waals surface area contributed by atoms with Crippen LogP contribution in [0.3, 0.4) is 0 Å². The van der Waals surface area contributed by atoms with Gasteiger partial charge in [0, 0.05) is 31.4 Å². The van der Waals surface area contributed by atoms with Gasteiger partial charge in [-0.3, -0.25) is 4.90 Å². The van der Waals surface area contributed by atoms with Crippen molar-refractivity contribution in [2.45, 2.75) is 19.5 Å². The van der Waals surface area contributed by atoms with Crippen molar-refractivity contribution in [3.05, 3.63) is 29.8 Å². The number of benzene rings is 1. The second-order valence-electron chi connectivity index (χ2n) is 5.40. The Morgan fingerprint density at radius 1 is 1.29 bits per heavy atom. The van der Waals surface area contributed by atoms with Crippen LogP contribution in [0.15, 0.2) is 24.3 Å². The summed E-state index contributed by atoms with van der Waals surface area (Å²) >= 11 is 0. The van der Waals surface area contributed by atoms with E-state index in [1.807, 2.05) is 12.1 Å². The predicted molar refractivity (Wildman–Crippen MR) is 72.8 cm³/mol. The van der Waals surface area contributed by atoms with Gasteiger partial charge in [0.1, 0.15) is 0 Å². The minimum absolute atomic E-state index is 0.667. The molecular weight excluding hydrogens is 210 g/mol. The summed E-state index contributed by atoms with van der Waals surface area (Å²) < 4.78 is 0. The highest BCUT2D eigenvalue weighted by atomic mass is 15.2. The third-order valence-corrected chi connectivity index (χ3v) is 3.76. The topological polar surface area (TPSA) is 32.5 Å². The fraction of sp³-hybridized carbons (Fsp3) is 0.571. The Labute approximate surface area is 104 Å². The Morgan fingerprint density at radius 2 is 2.00 bits per heavy atom. The molecule has 1 aromatic carbocycles. The molecule has 2 N–H and O–H groups in total. The zero-order valence-corrected chi connectivity index (χ0v) is 11.1. The molecule has 1 fully saturated rings. The quantitative estimate of drug-likeness (QED) is 0.806. The molecule has 2 atom stereocenters. The highest BCUT2D eigenvalue weighted by molar-refractivity contribution is 5.46. The van der Waals surface area contributed by atoms with E-state index in [1.54, 1.807) is 0 Å². The molecule has 0 amide bonds. The monoisotopic (exact) mass is 233 g/mol. The van der Waals surface area contributed by atoms with Gasteiger partial charge in [0.15, 0.2) is 0 Å². The first kappa shape index (κ1) is 12.4. The lowest BCUT2D eigenvalue weighted by Crippen LogP contribution is -2.34. The van der Waals surface area contributed by atoms with Crippen molar-refractivity contribution in [2.24, 2.45) is 5.92 Å². The number of likely N-dealkylation sites (tertiary alicyclic amines) is 1. The number of hydrogen-bond acceptors (Lipinski definition) is 3. The molecule has 1 aliphatic heterocycles. The van der Waals surface area contributed by atoms with E-state index in [9.17, 15) is 0 Å². The van der Waals surface area contributed by atoms with E-state index in [4.69, 9.17) is 5.73 Å². The van der Waals surface area contributed by atoms with E-state index in [0.29, 0.717) is 6.04 Å². The van der Waals surface area contributed by atoms with E-state index in [-0.39, 0.29) is 0 Å². The van der Waals surface area contributed by atoms with Crippen LogP contribution < -0.4 is 5.73 Å². The van der Waals surface area contributed by atoms with E-state index >= 15 is 0 Å². The Hall–Kier alpha value is -1.06. The summed E-state index contributed by atoms with van der Waals surface area (Å²) in [6, 6.07) is 8.84. The number of nitrogens with zero attached hydrogens (tertiary/aromatic N) is 2. The standard InChI is InChI=1S/C14H23N3/c1-11-8-17(10-14(11)16(2)3)9-12-6-4-5-7-13(12)15/h4-7,11,14H,8-10,15H2,1-3H3. The fourth-order valence-electron chi connectivity index (χ4n) is 2.77. The van der Waals surface area contributed by atoms with Crippen LogP contribution in [-0.4, -0.2) is 43.0 Å². The van der Waals surface area contributed by atoms with Crippen LogP contribution >= 0.6 is 0 Å². The molecule has 1 saturated heterocycles. The van der Waals surface area contributed by atoms with Gasteiger partial charge in [-0.05, 0) is 31.6 Å². The van der Waals surface area contributed by atoms with Gasteiger partial charge >= 0.3 is 0 Å². The summed E-state index contributed by atoms with van der Waals surface area (Å²) in [7, 11) is 4.34. The van der Waals surface area contributed by atoms with Crippen LogP contribution in [0.5, 0.6) is 0 Å². The van der Waals surface area contributed by atoms with Crippen molar-refractivity contribution in [2.75, 3.05) is 32.9 Å². The van der Waals surface area contributed by atoms with Crippen molar-refractivity contribution in [1.82, 2.24) is 9.80 Å². The molecule has 0 aliphatic carbocycles. The Balaban J connectivity index is 2.00. The van der Waals surface area contributed by atoms with Crippen molar-refractivity contribution in [3.8, 4) is 0 Å². The Bertz CT molecular complexity index is 375. The van der Waals surface area contributed by atoms with Crippen molar-refractivity contribution < 1.29 is 0 Å². The zero-order chi connectivity index (χ0) is 12.4. The summed E-state index contributed by atoms with van der Waals surface area (Å²) in [5.74, 6) is 0.731. The SMILES string of the molecule is CC1CN(Cc2ccccc2N)CC1N(C)C. The molecule has 2 unspecified atom stereocenters. The van der Waals surface area contributed by atoms with Gasteiger partial charge in [-0.15, -0.1) is 0 Å². The van der Waals surface area contributed by atoms with E-state index in [2.05, 4.69) is 43.0 Å². The molecule has 0 bridgehead atoms. The largest absolute Gasteiger partial charge is 0.398 e. The van der Waals surface area contributed by atoms with Crippen LogP contribution in [0.4, 0.5) is 5.69 Å². The van der Waals surface area contributed by atoms with Gasteiger partial charge < -0.3 is 10.6 Å². The maximum atomic E-state index is 5.99. The molecule has 0 radical (unpaired) electrons. The van der Waals surface area contributed by atoms with Gasteiger partial charge in [0.05, 0.1) is 0 Å². The van der Waals surface area contributed by atoms with Crippen molar-refractivity contribution in [1.29, 1.82) is 0 Å². The number of para-hydroxylation sites is 1. The summed E-state index contributed by atoms with van der Waals surface area (Å²) in [6.45, 7) is 5.61. The van der Waals surface area contributed by atoms with E-state index in [1.165, 1.54) is 5.56 Å². The highest BCUT2D eigenvalue weighted by Gasteiger charge is 2.30. The molecule has 0 aromatic heterocycles. The van der Waals surface area contributed by atoms with Crippen LogP contribution in [-0.2, 0) is 6.54 Å². The minimum Gasteiger partial charge on any atom is -0.398 e. The first-order valence-electron chi connectivity index (χ1n) is 6.30. The maximum Gasteiger partial charge on any atom is 0.0359 e. The number of likely N-dealkylation sites (N-methyl/N-ethyl adjacent to an activating group) is 1. The summed E-state index contributed by atoms with van der Waals surface area (Å²) in [5, 5.41) is 0. The molecule has 3 nitrogen and oxygen atoms in total. The minimum atomic E-state index is 0.667. The van der Waals surface area contributed by atoms with Gasteiger partial charge in [0.2, 0.25) is 0 Å². The Kier molecular flexibility index (Phi) is 3.69. The Morgan fingerprint density at radius 3 is 2.59 bits per heavy atom. The smallest absolute Gasteiger partial charge is 0.0359 e. The molecule has 0 saturated carbocycles. The molecule has 2 rings (SSSR count). The second-order valence-corrected chi connectivity index (χ2v) is 5.40. The molecular formula is C14H23N3. The summed E-state index contributed by atoms with van der Waals surface area (Å²) in [6.07, 6.45) is 0. The third kappa shape index (κ3) is 2.79. The van der Waals surface area contributed by atoms with Crippen LogP contribution in [0.2, 0.25) is 0 Å². The fourth-order valence-corrected chi connectivity index (χ4v) is 2.77. The lowest BCUT2D eigenvalue weighted by atomic mass is 10.1. The van der Waals surface area contributed by atoms with Crippen molar-refractivity contribution in [3.63, 3.8) is 0 Å². The van der Waals surface area contributed by atoms with E-state index < -0.39 is 0 Å². The summed E-state index contributed by atoms with van der Waals surface area (Å²) in [5.41, 5.74) is 8.15. The molecule has 1 aliphatic rings. The number of nitrogen functional groups attached to an aromatic ring is 1. The van der Waals surface area contributed by atoms with Crippen LogP contribution in [0.1, 0.15) is 12.5 Å². The molecule has 17 heavy (non-hydrogen) atoms. The maximum absolute atomic E-state index is 5.99. The molecule has 94 valence electrons. The number of hydrogen-bond donors (Lipinski definition) is 1. The molecule has 0 spiro atoms. The first-order chi connectivity index (χ1) is 8.08. The van der Waals surface area contributed by atoms with Gasteiger partial charge in [0.25, 0.3) is 0 Å². The average Bonchev–Trinajstić information content (AvgIpc) is 2.63. The number of nitrogens with two attached hydrogens (primary N) is 1. The van der Waals surface area contributed by atoms with E-state index in [0.717, 1.165) is 31.2 Å². The summed E-state index contributed by atoms with van der Waals surface area (Å²) in [4.78, 5) is 4.83.